The molecule has 0 unspecified atom stereocenters. The number of rotatable bonds is 4. The summed E-state index contributed by atoms with van der Waals surface area (Å²) in [6.45, 7) is 2.28. The first kappa shape index (κ1) is 13.5. The van der Waals surface area contributed by atoms with Crippen molar-refractivity contribution in [2.45, 2.75) is 45.1 Å². The second-order valence-electron chi connectivity index (χ2n) is 5.46. The van der Waals surface area contributed by atoms with Gasteiger partial charge in [0.25, 0.3) is 0 Å². The van der Waals surface area contributed by atoms with Gasteiger partial charge >= 0.3 is 0 Å². The normalized spacial score (nSPS) is 17.9. The number of thiazole rings is 1. The van der Waals surface area contributed by atoms with Gasteiger partial charge in [0, 0.05) is 23.8 Å². The van der Waals surface area contributed by atoms with E-state index in [1.165, 1.54) is 32.1 Å². The van der Waals surface area contributed by atoms with Crippen LogP contribution in [0, 0.1) is 5.92 Å². The van der Waals surface area contributed by atoms with Crippen molar-refractivity contribution in [2.24, 2.45) is 5.92 Å². The third-order valence-corrected chi connectivity index (χ3v) is 4.81. The highest BCUT2D eigenvalue weighted by atomic mass is 32.1. The van der Waals surface area contributed by atoms with E-state index in [9.17, 15) is 0 Å². The Morgan fingerprint density at radius 1 is 1.20 bits per heavy atom. The monoisotopic (exact) mass is 288 g/mol. The average Bonchev–Trinajstić information content (AvgIpc) is 2.97. The quantitative estimate of drug-likeness (QED) is 0.924. The second-order valence-corrected chi connectivity index (χ2v) is 6.32. The lowest BCUT2D eigenvalue weighted by Gasteiger charge is -2.28. The van der Waals surface area contributed by atoms with Crippen LogP contribution in [0.5, 0.6) is 0 Å². The largest absolute Gasteiger partial charge is 0.359 e. The molecule has 0 spiro atoms. The minimum atomic E-state index is 0.496. The molecule has 0 bridgehead atoms. The first-order valence-electron chi connectivity index (χ1n) is 7.31. The average molecular weight is 288 g/mol. The van der Waals surface area contributed by atoms with E-state index in [-0.39, 0.29) is 0 Å². The van der Waals surface area contributed by atoms with Crippen LogP contribution in [0.4, 0.5) is 5.13 Å². The number of hydrogen-bond donors (Lipinski definition) is 1. The first-order valence-corrected chi connectivity index (χ1v) is 8.19. The highest BCUT2D eigenvalue weighted by molar-refractivity contribution is 7.14. The van der Waals surface area contributed by atoms with E-state index in [0.29, 0.717) is 6.04 Å². The van der Waals surface area contributed by atoms with Crippen LogP contribution in [0.2, 0.25) is 0 Å². The standard InChI is InChI=1S/C15H20N4S/c1-11(12-5-3-2-4-6-12)18-15-19-14(10-20-15)13-9-16-7-8-17-13/h7-12H,2-6H2,1H3,(H,18,19)/t11-/m1/s1. The highest BCUT2D eigenvalue weighted by Gasteiger charge is 2.20. The van der Waals surface area contributed by atoms with Crippen molar-refractivity contribution in [3.05, 3.63) is 24.0 Å². The molecule has 1 aliphatic carbocycles. The van der Waals surface area contributed by atoms with Crippen LogP contribution in [0.3, 0.4) is 0 Å². The lowest BCUT2D eigenvalue weighted by atomic mass is 9.85. The molecule has 0 aromatic carbocycles. The van der Waals surface area contributed by atoms with Crippen molar-refractivity contribution >= 4 is 16.5 Å². The minimum Gasteiger partial charge on any atom is -0.359 e. The first-order chi connectivity index (χ1) is 9.83. The summed E-state index contributed by atoms with van der Waals surface area (Å²) in [5.41, 5.74) is 1.74. The number of nitrogens with zero attached hydrogens (tertiary/aromatic N) is 3. The van der Waals surface area contributed by atoms with Crippen LogP contribution in [-0.2, 0) is 0 Å². The molecular formula is C15H20N4S. The summed E-state index contributed by atoms with van der Waals surface area (Å²) in [4.78, 5) is 13.0. The van der Waals surface area contributed by atoms with Crippen molar-refractivity contribution in [3.63, 3.8) is 0 Å². The molecule has 0 aliphatic heterocycles. The van der Waals surface area contributed by atoms with Crippen LogP contribution in [0.25, 0.3) is 11.4 Å². The third kappa shape index (κ3) is 3.15. The lowest BCUT2D eigenvalue weighted by Crippen LogP contribution is -2.27. The Bertz CT molecular complexity index is 534. The minimum absolute atomic E-state index is 0.496. The van der Waals surface area contributed by atoms with Crippen molar-refractivity contribution in [3.8, 4) is 11.4 Å². The Hall–Kier alpha value is -1.49. The predicted octanol–water partition coefficient (Wildman–Crippen LogP) is 3.98. The Morgan fingerprint density at radius 2 is 2.05 bits per heavy atom. The van der Waals surface area contributed by atoms with Gasteiger partial charge in [-0.3, -0.25) is 9.97 Å². The van der Waals surface area contributed by atoms with Gasteiger partial charge in [-0.2, -0.15) is 0 Å². The Labute approximate surface area is 123 Å². The summed E-state index contributed by atoms with van der Waals surface area (Å²) in [5.74, 6) is 0.785. The Balaban J connectivity index is 1.65. The molecule has 106 valence electrons. The van der Waals surface area contributed by atoms with E-state index in [1.54, 1.807) is 29.9 Å². The molecule has 0 saturated heterocycles. The van der Waals surface area contributed by atoms with Gasteiger partial charge in [-0.1, -0.05) is 19.3 Å². The van der Waals surface area contributed by atoms with Crippen LogP contribution in [0.15, 0.2) is 24.0 Å². The molecule has 1 atom stereocenters. The number of hydrogen-bond acceptors (Lipinski definition) is 5. The molecule has 5 heteroatoms. The van der Waals surface area contributed by atoms with Gasteiger partial charge in [-0.15, -0.1) is 11.3 Å². The summed E-state index contributed by atoms with van der Waals surface area (Å²) in [7, 11) is 0. The molecule has 2 aromatic rings. The van der Waals surface area contributed by atoms with Gasteiger partial charge < -0.3 is 5.32 Å². The topological polar surface area (TPSA) is 50.7 Å². The fourth-order valence-corrected chi connectivity index (χ4v) is 3.64. The molecule has 1 N–H and O–H groups in total. The molecule has 2 aromatic heterocycles. The van der Waals surface area contributed by atoms with Gasteiger partial charge in [0.2, 0.25) is 0 Å². The molecule has 4 nitrogen and oxygen atoms in total. The van der Waals surface area contributed by atoms with Gasteiger partial charge in [-0.05, 0) is 25.7 Å². The number of anilines is 1. The predicted molar refractivity (Wildman–Crippen MR) is 82.8 cm³/mol. The van der Waals surface area contributed by atoms with Crippen LogP contribution in [-0.4, -0.2) is 21.0 Å². The van der Waals surface area contributed by atoms with E-state index in [0.717, 1.165) is 22.4 Å². The Kier molecular flexibility index (Phi) is 4.25. The summed E-state index contributed by atoms with van der Waals surface area (Å²) < 4.78 is 0. The van der Waals surface area contributed by atoms with E-state index in [1.807, 2.05) is 5.38 Å². The van der Waals surface area contributed by atoms with Gasteiger partial charge in [-0.25, -0.2) is 4.98 Å². The lowest BCUT2D eigenvalue weighted by molar-refractivity contribution is 0.328. The van der Waals surface area contributed by atoms with E-state index in [4.69, 9.17) is 0 Å². The van der Waals surface area contributed by atoms with Crippen molar-refractivity contribution in [1.29, 1.82) is 0 Å². The zero-order valence-electron chi connectivity index (χ0n) is 11.7. The molecule has 20 heavy (non-hydrogen) atoms. The van der Waals surface area contributed by atoms with Crippen molar-refractivity contribution < 1.29 is 0 Å². The van der Waals surface area contributed by atoms with Gasteiger partial charge in [0.1, 0.15) is 11.4 Å². The van der Waals surface area contributed by atoms with E-state index < -0.39 is 0 Å². The zero-order valence-corrected chi connectivity index (χ0v) is 12.6. The zero-order chi connectivity index (χ0) is 13.8. The van der Waals surface area contributed by atoms with E-state index >= 15 is 0 Å². The molecule has 1 fully saturated rings. The molecule has 1 saturated carbocycles. The molecule has 0 amide bonds. The molecule has 2 heterocycles. The molecule has 0 radical (unpaired) electrons. The van der Waals surface area contributed by atoms with Crippen LogP contribution in [0.1, 0.15) is 39.0 Å². The maximum Gasteiger partial charge on any atom is 0.183 e. The molecule has 3 rings (SSSR count). The maximum atomic E-state index is 4.62. The SMILES string of the molecule is C[C@@H](Nc1nc(-c2cnccn2)cs1)C1CCCCC1. The van der Waals surface area contributed by atoms with Gasteiger partial charge in [0.15, 0.2) is 5.13 Å². The van der Waals surface area contributed by atoms with Crippen LogP contribution >= 0.6 is 11.3 Å². The summed E-state index contributed by atoms with van der Waals surface area (Å²) in [5, 5.41) is 6.59. The Morgan fingerprint density at radius 3 is 2.80 bits per heavy atom. The van der Waals surface area contributed by atoms with Crippen molar-refractivity contribution in [2.75, 3.05) is 5.32 Å². The smallest absolute Gasteiger partial charge is 0.183 e. The summed E-state index contributed by atoms with van der Waals surface area (Å²) >= 11 is 1.65. The van der Waals surface area contributed by atoms with Crippen molar-refractivity contribution in [1.82, 2.24) is 15.0 Å². The fraction of sp³-hybridized carbons (Fsp3) is 0.533. The van der Waals surface area contributed by atoms with E-state index in [2.05, 4.69) is 27.2 Å². The summed E-state index contributed by atoms with van der Waals surface area (Å²) in [6, 6.07) is 0.496. The summed E-state index contributed by atoms with van der Waals surface area (Å²) in [6.07, 6.45) is 12.0. The fourth-order valence-electron chi connectivity index (χ4n) is 2.84. The number of aromatic nitrogens is 3. The second kappa shape index (κ2) is 6.31. The third-order valence-electron chi connectivity index (χ3n) is 4.04. The van der Waals surface area contributed by atoms with Crippen LogP contribution < -0.4 is 5.32 Å². The molecule has 1 aliphatic rings. The van der Waals surface area contributed by atoms with Gasteiger partial charge in [0.05, 0.1) is 6.20 Å². The molecular weight excluding hydrogens is 268 g/mol. The maximum absolute atomic E-state index is 4.62. The highest BCUT2D eigenvalue weighted by Crippen LogP contribution is 2.29. The number of nitrogens with one attached hydrogen (secondary N) is 1.